The number of nitrogens with one attached hydrogen (secondary N) is 1. The number of hydrogen-bond donors (Lipinski definition) is 2. The molecule has 2 aliphatic rings. The van der Waals surface area contributed by atoms with Crippen LogP contribution in [0.1, 0.15) is 39.0 Å². The van der Waals surface area contributed by atoms with E-state index in [1.165, 1.54) is 6.42 Å². The number of carboxylic acid groups (broad SMARTS) is 1. The van der Waals surface area contributed by atoms with E-state index in [1.54, 1.807) is 0 Å². The molecule has 5 nitrogen and oxygen atoms in total. The Morgan fingerprint density at radius 3 is 2.55 bits per heavy atom. The maximum atomic E-state index is 12.3. The number of nitrogens with zero attached hydrogens (tertiary/aromatic N) is 1. The van der Waals surface area contributed by atoms with Crippen LogP contribution in [0, 0.1) is 17.8 Å². The lowest BCUT2D eigenvalue weighted by Gasteiger charge is -2.22. The van der Waals surface area contributed by atoms with E-state index in [0.29, 0.717) is 24.9 Å². The molecule has 4 unspecified atom stereocenters. The van der Waals surface area contributed by atoms with E-state index in [9.17, 15) is 14.7 Å². The molecule has 0 bridgehead atoms. The first-order valence-electron chi connectivity index (χ1n) is 7.73. The van der Waals surface area contributed by atoms with E-state index in [0.717, 1.165) is 25.8 Å². The molecule has 1 amide bonds. The first kappa shape index (κ1) is 15.3. The number of hydrogen-bond acceptors (Lipinski definition) is 3. The lowest BCUT2D eigenvalue weighted by Crippen LogP contribution is -2.42. The van der Waals surface area contributed by atoms with Crippen LogP contribution in [0.25, 0.3) is 0 Å². The van der Waals surface area contributed by atoms with Gasteiger partial charge in [0.25, 0.3) is 0 Å². The third-order valence-corrected chi connectivity index (χ3v) is 5.07. The molecule has 0 aromatic rings. The fourth-order valence-electron chi connectivity index (χ4n) is 3.63. The summed E-state index contributed by atoms with van der Waals surface area (Å²) >= 11 is 0. The van der Waals surface area contributed by atoms with Crippen LogP contribution < -0.4 is 5.32 Å². The predicted octanol–water partition coefficient (Wildman–Crippen LogP) is 1.33. The van der Waals surface area contributed by atoms with Gasteiger partial charge in [0.05, 0.1) is 11.8 Å². The standard InChI is InChI=1S/C15H26N2O3/c1-3-10-7-12(13(8-10)15(19)20)14(18)16-9-11-5-4-6-17(11)2/h10-13H,3-9H2,1-2H3,(H,16,18)(H,19,20). The van der Waals surface area contributed by atoms with Gasteiger partial charge >= 0.3 is 5.97 Å². The minimum Gasteiger partial charge on any atom is -0.481 e. The fourth-order valence-corrected chi connectivity index (χ4v) is 3.63. The van der Waals surface area contributed by atoms with E-state index >= 15 is 0 Å². The van der Waals surface area contributed by atoms with Gasteiger partial charge in [0.15, 0.2) is 0 Å². The SMILES string of the molecule is CCC1CC(C(=O)O)C(C(=O)NCC2CCCN2C)C1. The zero-order valence-electron chi connectivity index (χ0n) is 12.5. The molecular weight excluding hydrogens is 256 g/mol. The van der Waals surface area contributed by atoms with E-state index in [2.05, 4.69) is 24.2 Å². The van der Waals surface area contributed by atoms with Gasteiger partial charge < -0.3 is 15.3 Å². The summed E-state index contributed by atoms with van der Waals surface area (Å²) in [6, 6.07) is 0.408. The smallest absolute Gasteiger partial charge is 0.307 e. The van der Waals surface area contributed by atoms with Crippen LogP contribution in [0.5, 0.6) is 0 Å². The predicted molar refractivity (Wildman–Crippen MR) is 76.3 cm³/mol. The summed E-state index contributed by atoms with van der Waals surface area (Å²) in [5, 5.41) is 12.3. The molecule has 5 heteroatoms. The Labute approximate surface area is 120 Å². The van der Waals surface area contributed by atoms with Gasteiger partial charge in [0.2, 0.25) is 5.91 Å². The van der Waals surface area contributed by atoms with Crippen molar-refractivity contribution in [2.45, 2.75) is 45.1 Å². The van der Waals surface area contributed by atoms with Crippen molar-refractivity contribution in [3.05, 3.63) is 0 Å². The fraction of sp³-hybridized carbons (Fsp3) is 0.867. The van der Waals surface area contributed by atoms with Gasteiger partial charge in [-0.25, -0.2) is 0 Å². The van der Waals surface area contributed by atoms with Crippen LogP contribution in [-0.4, -0.2) is 48.1 Å². The minimum absolute atomic E-state index is 0.0614. The molecule has 2 fully saturated rings. The molecule has 2 rings (SSSR count). The van der Waals surface area contributed by atoms with Crippen molar-refractivity contribution in [3.8, 4) is 0 Å². The molecule has 0 radical (unpaired) electrons. The maximum Gasteiger partial charge on any atom is 0.307 e. The summed E-state index contributed by atoms with van der Waals surface area (Å²) in [5.41, 5.74) is 0. The van der Waals surface area contributed by atoms with Crippen molar-refractivity contribution in [2.75, 3.05) is 20.1 Å². The number of amides is 1. The Bertz CT molecular complexity index is 372. The Kier molecular flexibility index (Phi) is 5.02. The van der Waals surface area contributed by atoms with Crippen molar-refractivity contribution in [1.82, 2.24) is 10.2 Å². The molecule has 0 aromatic heterocycles. The maximum absolute atomic E-state index is 12.3. The Hall–Kier alpha value is -1.10. The van der Waals surface area contributed by atoms with Crippen LogP contribution >= 0.6 is 0 Å². The van der Waals surface area contributed by atoms with Crippen LogP contribution in [-0.2, 0) is 9.59 Å². The van der Waals surface area contributed by atoms with Crippen LogP contribution in [0.15, 0.2) is 0 Å². The summed E-state index contributed by atoms with van der Waals surface area (Å²) in [7, 11) is 2.08. The van der Waals surface area contributed by atoms with Gasteiger partial charge in [-0.15, -0.1) is 0 Å². The average Bonchev–Trinajstić information content (AvgIpc) is 3.02. The third kappa shape index (κ3) is 3.32. The zero-order chi connectivity index (χ0) is 14.7. The molecule has 20 heavy (non-hydrogen) atoms. The molecule has 114 valence electrons. The highest BCUT2D eigenvalue weighted by Gasteiger charge is 2.42. The molecule has 1 saturated heterocycles. The van der Waals surface area contributed by atoms with Crippen molar-refractivity contribution in [2.24, 2.45) is 17.8 Å². The minimum atomic E-state index is -0.820. The summed E-state index contributed by atoms with van der Waals surface area (Å²) in [4.78, 5) is 25.9. The monoisotopic (exact) mass is 282 g/mol. The van der Waals surface area contributed by atoms with Gasteiger partial charge in [-0.05, 0) is 45.2 Å². The topological polar surface area (TPSA) is 69.6 Å². The first-order chi connectivity index (χ1) is 9.52. The molecule has 2 N–H and O–H groups in total. The van der Waals surface area contributed by atoms with Crippen molar-refractivity contribution in [1.29, 1.82) is 0 Å². The first-order valence-corrected chi connectivity index (χ1v) is 7.73. The molecule has 0 spiro atoms. The van der Waals surface area contributed by atoms with Crippen molar-refractivity contribution in [3.63, 3.8) is 0 Å². The summed E-state index contributed by atoms with van der Waals surface area (Å²) in [6.07, 6.45) is 4.61. The summed E-state index contributed by atoms with van der Waals surface area (Å²) in [6.45, 7) is 3.80. The molecule has 1 aliphatic carbocycles. The second-order valence-corrected chi connectivity index (χ2v) is 6.32. The van der Waals surface area contributed by atoms with Crippen LogP contribution in [0.3, 0.4) is 0 Å². The Balaban J connectivity index is 1.88. The lowest BCUT2D eigenvalue weighted by molar-refractivity contribution is -0.146. The number of likely N-dealkylation sites (tertiary alicyclic amines) is 1. The third-order valence-electron chi connectivity index (χ3n) is 5.07. The van der Waals surface area contributed by atoms with Gasteiger partial charge in [-0.1, -0.05) is 13.3 Å². The second-order valence-electron chi connectivity index (χ2n) is 6.32. The van der Waals surface area contributed by atoms with E-state index in [4.69, 9.17) is 0 Å². The quantitative estimate of drug-likeness (QED) is 0.798. The number of rotatable bonds is 5. The normalized spacial score (nSPS) is 34.3. The van der Waals surface area contributed by atoms with Crippen molar-refractivity contribution >= 4 is 11.9 Å². The van der Waals surface area contributed by atoms with E-state index < -0.39 is 11.9 Å². The second kappa shape index (κ2) is 6.57. The largest absolute Gasteiger partial charge is 0.481 e. The molecule has 1 aliphatic heterocycles. The lowest BCUT2D eigenvalue weighted by atomic mass is 9.95. The van der Waals surface area contributed by atoms with Gasteiger partial charge in [0, 0.05) is 12.6 Å². The Morgan fingerprint density at radius 1 is 1.30 bits per heavy atom. The van der Waals surface area contributed by atoms with Crippen molar-refractivity contribution < 1.29 is 14.7 Å². The number of likely N-dealkylation sites (N-methyl/N-ethyl adjacent to an activating group) is 1. The number of carbonyl (C=O) groups is 2. The number of aliphatic carboxylic acids is 1. The highest BCUT2D eigenvalue weighted by molar-refractivity contribution is 5.85. The highest BCUT2D eigenvalue weighted by Crippen LogP contribution is 2.38. The Morgan fingerprint density at radius 2 is 2.00 bits per heavy atom. The summed E-state index contributed by atoms with van der Waals surface area (Å²) < 4.78 is 0. The number of carbonyl (C=O) groups excluding carboxylic acids is 1. The van der Waals surface area contributed by atoms with E-state index in [1.807, 2.05) is 0 Å². The highest BCUT2D eigenvalue weighted by atomic mass is 16.4. The number of carboxylic acids is 1. The molecule has 0 aromatic carbocycles. The molecule has 4 atom stereocenters. The van der Waals surface area contributed by atoms with E-state index in [-0.39, 0.29) is 11.8 Å². The molecular formula is C15H26N2O3. The summed E-state index contributed by atoms with van der Waals surface area (Å²) in [5.74, 6) is -1.35. The molecule has 1 saturated carbocycles. The molecule has 1 heterocycles. The zero-order valence-corrected chi connectivity index (χ0v) is 12.5. The van der Waals surface area contributed by atoms with Crippen LogP contribution in [0.4, 0.5) is 0 Å². The van der Waals surface area contributed by atoms with Gasteiger partial charge in [-0.3, -0.25) is 9.59 Å². The average molecular weight is 282 g/mol. The van der Waals surface area contributed by atoms with Gasteiger partial charge in [0.1, 0.15) is 0 Å². The van der Waals surface area contributed by atoms with Crippen LogP contribution in [0.2, 0.25) is 0 Å². The van der Waals surface area contributed by atoms with Gasteiger partial charge in [-0.2, -0.15) is 0 Å².